The third-order valence-corrected chi connectivity index (χ3v) is 3.99. The predicted molar refractivity (Wildman–Crippen MR) is 95.1 cm³/mol. The summed E-state index contributed by atoms with van der Waals surface area (Å²) in [5.41, 5.74) is 0.702. The van der Waals surface area contributed by atoms with Gasteiger partial charge in [-0.05, 0) is 26.3 Å². The normalized spacial score (nSPS) is 12.3. The number of benzene rings is 1. The maximum Gasteiger partial charge on any atom is 0.408 e. The molecular weight excluding hydrogens is 340 g/mol. The molecular formula is C18H20N2O4S. The van der Waals surface area contributed by atoms with Crippen LogP contribution in [0.15, 0.2) is 35.8 Å². The van der Waals surface area contributed by atoms with E-state index >= 15 is 0 Å². The molecule has 2 aromatic rings. The standard InChI is InChI=1S/C18H20N2O4S/c1-18(2,3)24-17(23)20-14(15(22)16-19-8-9-25-16)10-12-4-6-13(11-21)7-5-12/h4-9,11,14H,10H2,1-3H3,(H,20,23). The van der Waals surface area contributed by atoms with Gasteiger partial charge in [-0.3, -0.25) is 9.59 Å². The lowest BCUT2D eigenvalue weighted by atomic mass is 10.0. The maximum atomic E-state index is 12.7. The predicted octanol–water partition coefficient (Wildman–Crippen LogP) is 3.27. The van der Waals surface area contributed by atoms with E-state index in [9.17, 15) is 14.4 Å². The van der Waals surface area contributed by atoms with Gasteiger partial charge in [-0.15, -0.1) is 11.3 Å². The Morgan fingerprint density at radius 3 is 2.48 bits per heavy atom. The number of amides is 1. The largest absolute Gasteiger partial charge is 0.444 e. The lowest BCUT2D eigenvalue weighted by Gasteiger charge is -2.23. The van der Waals surface area contributed by atoms with Crippen molar-refractivity contribution < 1.29 is 19.1 Å². The first-order valence-electron chi connectivity index (χ1n) is 7.76. The molecule has 0 aliphatic rings. The molecule has 1 heterocycles. The zero-order valence-electron chi connectivity index (χ0n) is 14.3. The van der Waals surface area contributed by atoms with Crippen LogP contribution < -0.4 is 5.32 Å². The van der Waals surface area contributed by atoms with Gasteiger partial charge in [-0.25, -0.2) is 9.78 Å². The molecule has 1 aromatic carbocycles. The Hall–Kier alpha value is -2.54. The van der Waals surface area contributed by atoms with Gasteiger partial charge < -0.3 is 10.1 Å². The van der Waals surface area contributed by atoms with Crippen molar-refractivity contribution in [3.63, 3.8) is 0 Å². The molecule has 25 heavy (non-hydrogen) atoms. The molecule has 0 bridgehead atoms. The molecule has 0 saturated carbocycles. The molecule has 0 radical (unpaired) electrons. The fourth-order valence-electron chi connectivity index (χ4n) is 2.12. The number of carbonyl (C=O) groups excluding carboxylic acids is 3. The van der Waals surface area contributed by atoms with Crippen molar-refractivity contribution >= 4 is 29.5 Å². The number of alkyl carbamates (subject to hydrolysis) is 1. The van der Waals surface area contributed by atoms with Crippen molar-refractivity contribution in [3.8, 4) is 0 Å². The fraction of sp³-hybridized carbons (Fsp3) is 0.333. The summed E-state index contributed by atoms with van der Waals surface area (Å²) in [7, 11) is 0. The van der Waals surface area contributed by atoms with Crippen LogP contribution in [0.4, 0.5) is 4.79 Å². The number of ketones is 1. The minimum absolute atomic E-state index is 0.275. The molecule has 132 valence electrons. The molecule has 0 saturated heterocycles. The summed E-state index contributed by atoms with van der Waals surface area (Å²) < 4.78 is 5.24. The van der Waals surface area contributed by atoms with Crippen LogP contribution in [0, 0.1) is 0 Å². The van der Waals surface area contributed by atoms with Gasteiger partial charge in [0.25, 0.3) is 0 Å². The smallest absolute Gasteiger partial charge is 0.408 e. The molecule has 1 atom stereocenters. The molecule has 0 aliphatic heterocycles. The van der Waals surface area contributed by atoms with Crippen LogP contribution >= 0.6 is 11.3 Å². The summed E-state index contributed by atoms with van der Waals surface area (Å²) in [5.74, 6) is -0.277. The van der Waals surface area contributed by atoms with E-state index in [0.29, 0.717) is 10.6 Å². The Morgan fingerprint density at radius 1 is 1.28 bits per heavy atom. The molecule has 2 rings (SSSR count). The maximum absolute atomic E-state index is 12.7. The van der Waals surface area contributed by atoms with E-state index in [1.165, 1.54) is 11.3 Å². The number of carbonyl (C=O) groups is 3. The highest BCUT2D eigenvalue weighted by Gasteiger charge is 2.26. The van der Waals surface area contributed by atoms with E-state index in [-0.39, 0.29) is 12.2 Å². The van der Waals surface area contributed by atoms with Crippen molar-refractivity contribution in [1.82, 2.24) is 10.3 Å². The number of Topliss-reactive ketones (excluding diaryl/α,β-unsaturated/α-hetero) is 1. The second-order valence-corrected chi connectivity index (χ2v) is 7.36. The molecule has 0 spiro atoms. The second kappa shape index (κ2) is 8.02. The lowest BCUT2D eigenvalue weighted by Crippen LogP contribution is -2.44. The molecule has 0 fully saturated rings. The third-order valence-electron chi connectivity index (χ3n) is 3.21. The number of hydrogen-bond donors (Lipinski definition) is 1. The van der Waals surface area contributed by atoms with Crippen LogP contribution in [0.25, 0.3) is 0 Å². The number of aldehydes is 1. The molecule has 7 heteroatoms. The van der Waals surface area contributed by atoms with E-state index in [0.717, 1.165) is 11.8 Å². The van der Waals surface area contributed by atoms with Gasteiger partial charge in [0.05, 0.1) is 0 Å². The molecule has 1 N–H and O–H groups in total. The number of thiazole rings is 1. The molecule has 0 aliphatic carbocycles. The monoisotopic (exact) mass is 360 g/mol. The Labute approximate surface area is 150 Å². The van der Waals surface area contributed by atoms with Crippen LogP contribution in [-0.2, 0) is 11.2 Å². The number of nitrogens with one attached hydrogen (secondary N) is 1. The number of hydrogen-bond acceptors (Lipinski definition) is 6. The van der Waals surface area contributed by atoms with Gasteiger partial charge in [0, 0.05) is 23.6 Å². The van der Waals surface area contributed by atoms with Crippen LogP contribution in [-0.4, -0.2) is 34.8 Å². The van der Waals surface area contributed by atoms with Crippen LogP contribution in [0.5, 0.6) is 0 Å². The highest BCUT2D eigenvalue weighted by molar-refractivity contribution is 7.11. The van der Waals surface area contributed by atoms with E-state index in [2.05, 4.69) is 10.3 Å². The molecule has 1 amide bonds. The number of aromatic nitrogens is 1. The molecule has 1 unspecified atom stereocenters. The summed E-state index contributed by atoms with van der Waals surface area (Å²) in [6.07, 6.45) is 1.91. The van der Waals surface area contributed by atoms with Crippen LogP contribution in [0.1, 0.15) is 46.5 Å². The summed E-state index contributed by atoms with van der Waals surface area (Å²) >= 11 is 1.22. The van der Waals surface area contributed by atoms with Gasteiger partial charge in [0.1, 0.15) is 17.9 Å². The quantitative estimate of drug-likeness (QED) is 0.631. The Kier molecular flexibility index (Phi) is 6.03. The molecule has 1 aromatic heterocycles. The minimum Gasteiger partial charge on any atom is -0.444 e. The van der Waals surface area contributed by atoms with Gasteiger partial charge in [0.15, 0.2) is 5.01 Å². The Bertz CT molecular complexity index is 733. The van der Waals surface area contributed by atoms with Crippen molar-refractivity contribution in [2.24, 2.45) is 0 Å². The highest BCUT2D eigenvalue weighted by atomic mass is 32.1. The number of nitrogens with zero attached hydrogens (tertiary/aromatic N) is 1. The zero-order chi connectivity index (χ0) is 18.4. The third kappa shape index (κ3) is 5.79. The molecule has 6 nitrogen and oxygen atoms in total. The van der Waals surface area contributed by atoms with Gasteiger partial charge in [-0.1, -0.05) is 24.3 Å². The van der Waals surface area contributed by atoms with Crippen molar-refractivity contribution in [2.75, 3.05) is 0 Å². The first-order chi connectivity index (χ1) is 11.8. The van der Waals surface area contributed by atoms with E-state index in [1.807, 2.05) is 0 Å². The Morgan fingerprint density at radius 2 is 1.96 bits per heavy atom. The van der Waals surface area contributed by atoms with Gasteiger partial charge in [0.2, 0.25) is 5.78 Å². The topological polar surface area (TPSA) is 85.4 Å². The Balaban J connectivity index is 2.17. The minimum atomic E-state index is -0.803. The van der Waals surface area contributed by atoms with Crippen LogP contribution in [0.3, 0.4) is 0 Å². The zero-order valence-corrected chi connectivity index (χ0v) is 15.1. The van der Waals surface area contributed by atoms with Crippen LogP contribution in [0.2, 0.25) is 0 Å². The second-order valence-electron chi connectivity index (χ2n) is 6.46. The highest BCUT2D eigenvalue weighted by Crippen LogP contribution is 2.14. The van der Waals surface area contributed by atoms with E-state index in [1.54, 1.807) is 56.6 Å². The van der Waals surface area contributed by atoms with E-state index in [4.69, 9.17) is 4.74 Å². The van der Waals surface area contributed by atoms with Gasteiger partial charge >= 0.3 is 6.09 Å². The lowest BCUT2D eigenvalue weighted by molar-refractivity contribution is 0.0491. The SMILES string of the molecule is CC(C)(C)OC(=O)NC(Cc1ccc(C=O)cc1)C(=O)c1nccs1. The summed E-state index contributed by atoms with van der Waals surface area (Å²) in [4.78, 5) is 39.5. The van der Waals surface area contributed by atoms with E-state index < -0.39 is 17.7 Å². The van der Waals surface area contributed by atoms with Crippen molar-refractivity contribution in [3.05, 3.63) is 52.0 Å². The first kappa shape index (κ1) is 18.8. The average Bonchev–Trinajstić information content (AvgIpc) is 3.07. The first-order valence-corrected chi connectivity index (χ1v) is 8.64. The number of ether oxygens (including phenoxy) is 1. The van der Waals surface area contributed by atoms with Crippen molar-refractivity contribution in [1.29, 1.82) is 0 Å². The summed E-state index contributed by atoms with van der Waals surface area (Å²) in [6, 6.07) is 6.04. The summed E-state index contributed by atoms with van der Waals surface area (Å²) in [6.45, 7) is 5.26. The van der Waals surface area contributed by atoms with Gasteiger partial charge in [-0.2, -0.15) is 0 Å². The fourth-order valence-corrected chi connectivity index (χ4v) is 2.75. The average molecular weight is 360 g/mol. The van der Waals surface area contributed by atoms with Crippen molar-refractivity contribution in [2.45, 2.75) is 38.8 Å². The number of rotatable bonds is 6. The summed E-state index contributed by atoms with van der Waals surface area (Å²) in [5, 5.41) is 4.65.